The number of nitrogens with one attached hydrogen (secondary N) is 1. The Morgan fingerprint density at radius 2 is 1.93 bits per heavy atom. The van der Waals surface area contributed by atoms with Crippen molar-refractivity contribution in [2.24, 2.45) is 5.73 Å². The summed E-state index contributed by atoms with van der Waals surface area (Å²) in [4.78, 5) is 41.2. The number of fused-ring (bicyclic) bond motifs is 3. The van der Waals surface area contributed by atoms with Gasteiger partial charge in [-0.05, 0) is 40.1 Å². The van der Waals surface area contributed by atoms with Crippen molar-refractivity contribution in [2.75, 3.05) is 11.9 Å². The Morgan fingerprint density at radius 3 is 2.67 bits per heavy atom. The molecule has 3 amide bonds. The molecule has 0 spiro atoms. The summed E-state index contributed by atoms with van der Waals surface area (Å²) in [5.74, 6) is -0.923. The molecule has 2 heterocycles. The summed E-state index contributed by atoms with van der Waals surface area (Å²) in [6, 6.07) is 11.6. The van der Waals surface area contributed by atoms with E-state index in [1.54, 1.807) is 17.3 Å². The Bertz CT molecular complexity index is 1230. The molecule has 0 saturated heterocycles. The normalized spacial score (nSPS) is 12.7. The lowest BCUT2D eigenvalue weighted by molar-refractivity contribution is -0.115. The van der Waals surface area contributed by atoms with Gasteiger partial charge in [0.05, 0.1) is 18.4 Å². The molecular weight excluding hydrogens is 380 g/mol. The fourth-order valence-electron chi connectivity index (χ4n) is 3.67. The van der Waals surface area contributed by atoms with Crippen molar-refractivity contribution in [3.8, 4) is 11.1 Å². The van der Waals surface area contributed by atoms with Gasteiger partial charge in [-0.15, -0.1) is 0 Å². The van der Waals surface area contributed by atoms with Crippen LogP contribution in [0.2, 0.25) is 0 Å². The van der Waals surface area contributed by atoms with E-state index in [9.17, 15) is 14.4 Å². The van der Waals surface area contributed by atoms with Gasteiger partial charge in [-0.3, -0.25) is 19.4 Å². The van der Waals surface area contributed by atoms with Crippen molar-refractivity contribution in [3.05, 3.63) is 72.1 Å². The monoisotopic (exact) mass is 400 g/mol. The van der Waals surface area contributed by atoms with Crippen molar-refractivity contribution in [1.82, 2.24) is 9.88 Å². The first-order valence-electron chi connectivity index (χ1n) is 9.39. The number of pyridine rings is 1. The van der Waals surface area contributed by atoms with Gasteiger partial charge in [0.25, 0.3) is 5.91 Å². The van der Waals surface area contributed by atoms with Crippen LogP contribution in [-0.4, -0.2) is 34.2 Å². The van der Waals surface area contributed by atoms with Gasteiger partial charge in [0.1, 0.15) is 0 Å². The number of hydrogen-bond donors (Lipinski definition) is 2. The number of nitrogens with two attached hydrogens (primary N) is 1. The summed E-state index contributed by atoms with van der Waals surface area (Å²) < 4.78 is 0. The quantitative estimate of drug-likeness (QED) is 0.643. The van der Waals surface area contributed by atoms with Crippen molar-refractivity contribution in [2.45, 2.75) is 13.5 Å². The Hall–Kier alpha value is -4.00. The zero-order valence-corrected chi connectivity index (χ0v) is 16.4. The highest BCUT2D eigenvalue weighted by atomic mass is 16.2. The molecule has 1 aliphatic rings. The number of primary amides is 1. The van der Waals surface area contributed by atoms with Crippen molar-refractivity contribution in [3.63, 3.8) is 0 Å². The number of carbonyl (C=O) groups excluding carboxylic acids is 3. The van der Waals surface area contributed by atoms with Gasteiger partial charge < -0.3 is 16.0 Å². The summed E-state index contributed by atoms with van der Waals surface area (Å²) >= 11 is 0. The van der Waals surface area contributed by atoms with E-state index in [-0.39, 0.29) is 23.9 Å². The molecule has 1 aromatic heterocycles. The Morgan fingerprint density at radius 1 is 1.17 bits per heavy atom. The van der Waals surface area contributed by atoms with E-state index in [1.807, 2.05) is 36.4 Å². The lowest BCUT2D eigenvalue weighted by atomic mass is 9.96. The molecule has 0 aliphatic carbocycles. The standard InChI is InChI=1S/C23H20N4O3/c1-13(22(24)29)11-27-12-21-19(23(27)30)6-5-15-3-4-16(8-20(15)21)17-7-18(10-25-9-17)26-14(2)28/h3-10H,1,11-12H2,2H3,(H2,24,29)(H,26,28). The molecule has 0 fully saturated rings. The topological polar surface area (TPSA) is 105 Å². The molecule has 1 aliphatic heterocycles. The van der Waals surface area contributed by atoms with Gasteiger partial charge in [0.2, 0.25) is 11.8 Å². The molecule has 3 N–H and O–H groups in total. The molecule has 0 unspecified atom stereocenters. The minimum atomic E-state index is -0.613. The maximum Gasteiger partial charge on any atom is 0.254 e. The molecule has 0 saturated carbocycles. The number of nitrogens with zero attached hydrogens (tertiary/aromatic N) is 2. The first-order chi connectivity index (χ1) is 14.3. The Labute approximate surface area is 173 Å². The van der Waals surface area contributed by atoms with E-state index in [2.05, 4.69) is 16.9 Å². The van der Waals surface area contributed by atoms with E-state index in [1.165, 1.54) is 6.92 Å². The third-order valence-electron chi connectivity index (χ3n) is 5.12. The van der Waals surface area contributed by atoms with E-state index in [0.29, 0.717) is 17.8 Å². The molecule has 2 aromatic carbocycles. The zero-order valence-electron chi connectivity index (χ0n) is 16.4. The van der Waals surface area contributed by atoms with Crippen LogP contribution in [-0.2, 0) is 16.1 Å². The number of hydrogen-bond acceptors (Lipinski definition) is 4. The molecular formula is C23H20N4O3. The van der Waals surface area contributed by atoms with Crippen molar-refractivity contribution < 1.29 is 14.4 Å². The molecule has 7 heteroatoms. The van der Waals surface area contributed by atoms with Crippen molar-refractivity contribution >= 4 is 34.2 Å². The minimum absolute atomic E-state index is 0.104. The summed E-state index contributed by atoms with van der Waals surface area (Å²) in [7, 11) is 0. The van der Waals surface area contributed by atoms with Crippen LogP contribution in [0.3, 0.4) is 0 Å². The molecule has 0 radical (unpaired) electrons. The first-order valence-corrected chi connectivity index (χ1v) is 9.39. The largest absolute Gasteiger partial charge is 0.366 e. The second-order valence-corrected chi connectivity index (χ2v) is 7.30. The van der Waals surface area contributed by atoms with Gasteiger partial charge in [-0.25, -0.2) is 0 Å². The van der Waals surface area contributed by atoms with Gasteiger partial charge in [-0.2, -0.15) is 0 Å². The zero-order chi connectivity index (χ0) is 21.4. The second kappa shape index (κ2) is 7.44. The number of rotatable bonds is 5. The predicted molar refractivity (Wildman–Crippen MR) is 115 cm³/mol. The van der Waals surface area contributed by atoms with E-state index >= 15 is 0 Å². The number of aromatic nitrogens is 1. The molecule has 3 aromatic rings. The van der Waals surface area contributed by atoms with Crippen LogP contribution in [0.1, 0.15) is 22.8 Å². The average molecular weight is 400 g/mol. The van der Waals surface area contributed by atoms with Crippen LogP contribution in [0.4, 0.5) is 5.69 Å². The maximum absolute atomic E-state index is 12.8. The van der Waals surface area contributed by atoms with Crippen LogP contribution in [0, 0.1) is 0 Å². The predicted octanol–water partition coefficient (Wildman–Crippen LogP) is 2.86. The fraction of sp³-hybridized carbons (Fsp3) is 0.130. The van der Waals surface area contributed by atoms with Crippen LogP contribution >= 0.6 is 0 Å². The first kappa shape index (κ1) is 19.3. The molecule has 0 bridgehead atoms. The highest BCUT2D eigenvalue weighted by Gasteiger charge is 2.29. The number of amides is 3. The minimum Gasteiger partial charge on any atom is -0.366 e. The highest BCUT2D eigenvalue weighted by Crippen LogP contribution is 2.33. The van der Waals surface area contributed by atoms with Crippen LogP contribution in [0.15, 0.2) is 60.9 Å². The Kier molecular flexibility index (Phi) is 4.79. The molecule has 150 valence electrons. The summed E-state index contributed by atoms with van der Waals surface area (Å²) in [5.41, 5.74) is 9.37. The number of anilines is 1. The fourth-order valence-corrected chi connectivity index (χ4v) is 3.67. The highest BCUT2D eigenvalue weighted by molar-refractivity contribution is 6.05. The number of benzene rings is 2. The maximum atomic E-state index is 12.8. The summed E-state index contributed by atoms with van der Waals surface area (Å²) in [5, 5.41) is 4.69. The van der Waals surface area contributed by atoms with E-state index < -0.39 is 5.91 Å². The van der Waals surface area contributed by atoms with E-state index in [0.717, 1.165) is 27.5 Å². The molecule has 4 rings (SSSR count). The number of carbonyl (C=O) groups is 3. The second-order valence-electron chi connectivity index (χ2n) is 7.30. The van der Waals surface area contributed by atoms with Crippen LogP contribution in [0.25, 0.3) is 21.9 Å². The molecule has 7 nitrogen and oxygen atoms in total. The third kappa shape index (κ3) is 3.53. The van der Waals surface area contributed by atoms with Gasteiger partial charge in [0.15, 0.2) is 0 Å². The SMILES string of the molecule is C=C(CN1Cc2c(ccc3ccc(-c4cncc(NC(C)=O)c4)cc23)C1=O)C(N)=O. The smallest absolute Gasteiger partial charge is 0.254 e. The average Bonchev–Trinajstić information content (AvgIpc) is 3.03. The van der Waals surface area contributed by atoms with Crippen LogP contribution < -0.4 is 11.1 Å². The van der Waals surface area contributed by atoms with E-state index in [4.69, 9.17) is 5.73 Å². The van der Waals surface area contributed by atoms with Crippen LogP contribution in [0.5, 0.6) is 0 Å². The van der Waals surface area contributed by atoms with Crippen molar-refractivity contribution in [1.29, 1.82) is 0 Å². The lowest BCUT2D eigenvalue weighted by Gasteiger charge is -2.15. The summed E-state index contributed by atoms with van der Waals surface area (Å²) in [6.07, 6.45) is 3.32. The summed E-state index contributed by atoms with van der Waals surface area (Å²) in [6.45, 7) is 5.58. The third-order valence-corrected chi connectivity index (χ3v) is 5.12. The molecule has 30 heavy (non-hydrogen) atoms. The lowest BCUT2D eigenvalue weighted by Crippen LogP contribution is -2.30. The molecule has 0 atom stereocenters. The van der Waals surface area contributed by atoms with Gasteiger partial charge >= 0.3 is 0 Å². The van der Waals surface area contributed by atoms with Gasteiger partial charge in [-0.1, -0.05) is 24.8 Å². The Balaban J connectivity index is 1.73. The van der Waals surface area contributed by atoms with Gasteiger partial charge in [0, 0.05) is 36.4 Å².